The normalized spacial score (nSPS) is 16.8. The third kappa shape index (κ3) is 2.41. The van der Waals surface area contributed by atoms with E-state index in [1.165, 1.54) is 30.5 Å². The van der Waals surface area contributed by atoms with Crippen LogP contribution in [0.25, 0.3) is 0 Å². The Hall–Kier alpha value is -1.53. The number of hydrogen-bond donors (Lipinski definition) is 2. The third-order valence-corrected chi connectivity index (χ3v) is 4.44. The second-order valence-corrected chi connectivity index (χ2v) is 6.30. The lowest BCUT2D eigenvalue weighted by Crippen LogP contribution is -2.55. The lowest BCUT2D eigenvalue weighted by molar-refractivity contribution is -0.143. The maximum Gasteiger partial charge on any atom is 0.329 e. The molecular weight excluding hydrogens is 278 g/mol. The van der Waals surface area contributed by atoms with Gasteiger partial charge in [-0.15, -0.1) is 11.8 Å². The molecule has 0 radical (unpaired) electrons. The number of thioether (sulfide) groups is 1. The molecule has 1 aliphatic rings. The second kappa shape index (κ2) is 5.10. The lowest BCUT2D eigenvalue weighted by atomic mass is 10.00. The number of amides is 1. The molecule has 20 heavy (non-hydrogen) atoms. The molecule has 0 bridgehead atoms. The highest BCUT2D eigenvalue weighted by molar-refractivity contribution is 8.00. The minimum Gasteiger partial charge on any atom is -0.480 e. The van der Waals surface area contributed by atoms with Crippen molar-refractivity contribution in [3.63, 3.8) is 0 Å². The van der Waals surface area contributed by atoms with E-state index in [0.717, 1.165) is 4.90 Å². The van der Waals surface area contributed by atoms with Crippen molar-refractivity contribution in [1.29, 1.82) is 0 Å². The summed E-state index contributed by atoms with van der Waals surface area (Å²) in [6.07, 6.45) is -0.669. The van der Waals surface area contributed by atoms with Crippen molar-refractivity contribution in [2.75, 3.05) is 10.7 Å². The molecule has 6 heteroatoms. The molecule has 0 aromatic heterocycles. The van der Waals surface area contributed by atoms with E-state index in [1.54, 1.807) is 19.1 Å². The Balaban J connectivity index is 2.58. The molecule has 0 fully saturated rings. The predicted molar refractivity (Wildman–Crippen MR) is 77.0 cm³/mol. The second-order valence-electron chi connectivity index (χ2n) is 5.29. The van der Waals surface area contributed by atoms with Crippen molar-refractivity contribution < 1.29 is 19.8 Å². The summed E-state index contributed by atoms with van der Waals surface area (Å²) in [5.74, 6) is -1.08. The number of fused-ring (bicyclic) bond motifs is 1. The number of benzene rings is 1. The standard InChI is InChI=1S/C14H17NO4S/c1-8(16)9-4-5-11-10(6-9)15(12(17)7-20-11)14(2,3)13(18)19/h4-6,8,16H,7H2,1-3H3,(H,18,19). The fraction of sp³-hybridized carbons (Fsp3) is 0.429. The van der Waals surface area contributed by atoms with Crippen molar-refractivity contribution in [1.82, 2.24) is 0 Å². The van der Waals surface area contributed by atoms with E-state index < -0.39 is 17.6 Å². The minimum atomic E-state index is -1.33. The van der Waals surface area contributed by atoms with Crippen LogP contribution in [0.4, 0.5) is 5.69 Å². The zero-order valence-corrected chi connectivity index (χ0v) is 12.4. The van der Waals surface area contributed by atoms with E-state index >= 15 is 0 Å². The molecule has 1 amide bonds. The van der Waals surface area contributed by atoms with E-state index in [-0.39, 0.29) is 11.7 Å². The number of nitrogens with zero attached hydrogens (tertiary/aromatic N) is 1. The molecular formula is C14H17NO4S. The van der Waals surface area contributed by atoms with E-state index in [1.807, 2.05) is 6.07 Å². The summed E-state index contributed by atoms with van der Waals surface area (Å²) in [6, 6.07) is 5.30. The number of carboxylic acid groups (broad SMARTS) is 1. The first-order chi connectivity index (χ1) is 9.25. The van der Waals surface area contributed by atoms with Crippen molar-refractivity contribution in [3.8, 4) is 0 Å². The summed E-state index contributed by atoms with van der Waals surface area (Å²) in [4.78, 5) is 25.8. The smallest absolute Gasteiger partial charge is 0.329 e. The van der Waals surface area contributed by atoms with E-state index in [0.29, 0.717) is 11.3 Å². The molecule has 1 unspecified atom stereocenters. The summed E-state index contributed by atoms with van der Waals surface area (Å²) >= 11 is 1.38. The van der Waals surface area contributed by atoms with Gasteiger partial charge in [0.1, 0.15) is 5.54 Å². The molecule has 1 atom stereocenters. The van der Waals surface area contributed by atoms with Gasteiger partial charge in [0.2, 0.25) is 5.91 Å². The van der Waals surface area contributed by atoms with Crippen LogP contribution in [0.3, 0.4) is 0 Å². The predicted octanol–water partition coefficient (Wildman–Crippen LogP) is 2.04. The van der Waals surface area contributed by atoms with Gasteiger partial charge in [-0.25, -0.2) is 4.79 Å². The molecule has 108 valence electrons. The fourth-order valence-corrected chi connectivity index (χ4v) is 3.01. The molecule has 0 saturated heterocycles. The molecule has 2 N–H and O–H groups in total. The van der Waals surface area contributed by atoms with Crippen LogP contribution < -0.4 is 4.90 Å². The van der Waals surface area contributed by atoms with Gasteiger partial charge in [0.15, 0.2) is 0 Å². The van der Waals surface area contributed by atoms with Crippen molar-refractivity contribution >= 4 is 29.3 Å². The maximum absolute atomic E-state index is 12.2. The monoisotopic (exact) mass is 295 g/mol. The Morgan fingerprint density at radius 1 is 1.45 bits per heavy atom. The highest BCUT2D eigenvalue weighted by Crippen LogP contribution is 2.40. The highest BCUT2D eigenvalue weighted by atomic mass is 32.2. The number of carbonyl (C=O) groups excluding carboxylic acids is 1. The first kappa shape index (κ1) is 14.9. The maximum atomic E-state index is 12.2. The Labute approximate surface area is 121 Å². The van der Waals surface area contributed by atoms with Crippen molar-refractivity contribution in [3.05, 3.63) is 23.8 Å². The van der Waals surface area contributed by atoms with Crippen LogP contribution in [0.2, 0.25) is 0 Å². The van der Waals surface area contributed by atoms with Gasteiger partial charge in [0.05, 0.1) is 17.5 Å². The minimum absolute atomic E-state index is 0.220. The summed E-state index contributed by atoms with van der Waals surface area (Å²) in [5.41, 5.74) is -0.119. The molecule has 0 saturated carbocycles. The summed E-state index contributed by atoms with van der Waals surface area (Å²) in [7, 11) is 0. The molecule has 1 aromatic carbocycles. The van der Waals surface area contributed by atoms with Gasteiger partial charge in [-0.05, 0) is 38.5 Å². The van der Waals surface area contributed by atoms with Crippen LogP contribution in [-0.4, -0.2) is 33.4 Å². The number of rotatable bonds is 3. The number of carboxylic acids is 1. The Morgan fingerprint density at radius 2 is 2.10 bits per heavy atom. The molecule has 2 rings (SSSR count). The summed E-state index contributed by atoms with van der Waals surface area (Å²) in [6.45, 7) is 4.64. The highest BCUT2D eigenvalue weighted by Gasteiger charge is 2.41. The lowest BCUT2D eigenvalue weighted by Gasteiger charge is -2.39. The van der Waals surface area contributed by atoms with Gasteiger partial charge in [-0.3, -0.25) is 9.69 Å². The number of hydrogen-bond acceptors (Lipinski definition) is 4. The largest absolute Gasteiger partial charge is 0.480 e. The van der Waals surface area contributed by atoms with Crippen LogP contribution >= 0.6 is 11.8 Å². The average Bonchev–Trinajstić information content (AvgIpc) is 2.37. The quantitative estimate of drug-likeness (QED) is 0.892. The third-order valence-electron chi connectivity index (χ3n) is 3.39. The zero-order valence-electron chi connectivity index (χ0n) is 11.6. The Bertz CT molecular complexity index is 568. The molecule has 0 spiro atoms. The first-order valence-corrected chi connectivity index (χ1v) is 7.25. The first-order valence-electron chi connectivity index (χ1n) is 6.26. The average molecular weight is 295 g/mol. The molecule has 0 aliphatic carbocycles. The Morgan fingerprint density at radius 3 is 2.65 bits per heavy atom. The van der Waals surface area contributed by atoms with Gasteiger partial charge in [-0.1, -0.05) is 6.07 Å². The summed E-state index contributed by atoms with van der Waals surface area (Å²) < 4.78 is 0. The van der Waals surface area contributed by atoms with Gasteiger partial charge in [0, 0.05) is 4.90 Å². The molecule has 1 heterocycles. The van der Waals surface area contributed by atoms with E-state index in [4.69, 9.17) is 0 Å². The van der Waals surface area contributed by atoms with Crippen LogP contribution in [0.1, 0.15) is 32.4 Å². The number of carbonyl (C=O) groups is 2. The molecule has 1 aliphatic heterocycles. The van der Waals surface area contributed by atoms with Crippen LogP contribution in [0.5, 0.6) is 0 Å². The van der Waals surface area contributed by atoms with Crippen LogP contribution in [0.15, 0.2) is 23.1 Å². The SMILES string of the molecule is CC(O)c1ccc2c(c1)N(C(C)(C)C(=O)O)C(=O)CS2. The number of aliphatic hydroxyl groups is 1. The zero-order chi connectivity index (χ0) is 15.1. The summed E-state index contributed by atoms with van der Waals surface area (Å²) in [5, 5.41) is 19.0. The van der Waals surface area contributed by atoms with Gasteiger partial charge in [0.25, 0.3) is 0 Å². The number of aliphatic hydroxyl groups excluding tert-OH is 1. The Kier molecular flexibility index (Phi) is 3.80. The fourth-order valence-electron chi connectivity index (χ4n) is 2.14. The molecule has 5 nitrogen and oxygen atoms in total. The van der Waals surface area contributed by atoms with Gasteiger partial charge in [-0.2, -0.15) is 0 Å². The van der Waals surface area contributed by atoms with E-state index in [2.05, 4.69) is 0 Å². The van der Waals surface area contributed by atoms with Gasteiger partial charge >= 0.3 is 5.97 Å². The number of anilines is 1. The van der Waals surface area contributed by atoms with Crippen LogP contribution in [0, 0.1) is 0 Å². The van der Waals surface area contributed by atoms with Crippen molar-refractivity contribution in [2.45, 2.75) is 37.3 Å². The van der Waals surface area contributed by atoms with Crippen LogP contribution in [-0.2, 0) is 9.59 Å². The number of aliphatic carboxylic acids is 1. The molecule has 1 aromatic rings. The van der Waals surface area contributed by atoms with E-state index in [9.17, 15) is 19.8 Å². The van der Waals surface area contributed by atoms with Gasteiger partial charge < -0.3 is 10.2 Å². The van der Waals surface area contributed by atoms with Crippen molar-refractivity contribution in [2.24, 2.45) is 0 Å². The topological polar surface area (TPSA) is 77.8 Å².